The average Bonchev–Trinajstić information content (AvgIpc) is 2.74. The van der Waals surface area contributed by atoms with Gasteiger partial charge in [0.2, 0.25) is 6.41 Å². The molecule has 0 heterocycles. The average molecular weight is 432 g/mol. The molecule has 0 spiro atoms. The Kier molecular flexibility index (Phi) is 8.80. The minimum Gasteiger partial charge on any atom is -0.487 e. The molecule has 0 atom stereocenters. The smallest absolute Gasteiger partial charge is 0.221 e. The first-order valence-corrected chi connectivity index (χ1v) is 9.60. The molecular formula is C22H23Cl2N3O2. The van der Waals surface area contributed by atoms with E-state index in [0.717, 1.165) is 22.4 Å². The number of nitrogens with two attached hydrogens (primary N) is 1. The minimum atomic E-state index is 0.403. The van der Waals surface area contributed by atoms with Gasteiger partial charge in [0, 0.05) is 23.3 Å². The summed E-state index contributed by atoms with van der Waals surface area (Å²) in [4.78, 5) is 8.94. The van der Waals surface area contributed by atoms with Crippen molar-refractivity contribution in [3.05, 3.63) is 81.8 Å². The minimum absolute atomic E-state index is 0.403. The molecule has 0 aliphatic carbocycles. The van der Waals surface area contributed by atoms with Crippen molar-refractivity contribution in [3.8, 4) is 16.9 Å². The number of aryl methyl sites for hydroxylation is 1. The van der Waals surface area contributed by atoms with Gasteiger partial charge in [0.25, 0.3) is 0 Å². The summed E-state index contributed by atoms with van der Waals surface area (Å²) in [5, 5.41) is 4.52. The molecule has 5 nitrogen and oxygen atoms in total. The molecule has 4 N–H and O–H groups in total. The van der Waals surface area contributed by atoms with E-state index in [4.69, 9.17) is 32.7 Å². The second-order valence-corrected chi connectivity index (χ2v) is 6.92. The summed E-state index contributed by atoms with van der Waals surface area (Å²) >= 11 is 12.3. The van der Waals surface area contributed by atoms with Gasteiger partial charge < -0.3 is 10.1 Å². The summed E-state index contributed by atoms with van der Waals surface area (Å²) in [5.41, 5.74) is 7.21. The van der Waals surface area contributed by atoms with Crippen molar-refractivity contribution in [3.63, 3.8) is 0 Å². The Bertz CT molecular complexity index is 947. The number of amides is 1. The molecule has 3 aromatic carbocycles. The standard InChI is InChI=1S/C21H19Cl2NO.CH4N2O/c1-14-4-3-5-20(24-2)18(14)13-25-21-12-16(8-11-19(21)23)15-6-9-17(22)10-7-15;2-3-1-4/h3-12,24H,13H2,1-2H3;1H,2H2,(H,3,4). The van der Waals surface area contributed by atoms with E-state index in [9.17, 15) is 0 Å². The fraction of sp³-hybridized carbons (Fsp3) is 0.136. The van der Waals surface area contributed by atoms with Crippen LogP contribution >= 0.6 is 23.2 Å². The molecule has 0 aromatic heterocycles. The SMILES string of the molecule is CNc1cccc(C)c1COc1cc(-c2ccc(Cl)cc2)ccc1Cl.NNC=O. The van der Waals surface area contributed by atoms with Crippen LogP contribution in [0.5, 0.6) is 5.75 Å². The summed E-state index contributed by atoms with van der Waals surface area (Å²) in [6, 6.07) is 19.6. The second-order valence-electron chi connectivity index (χ2n) is 6.08. The van der Waals surface area contributed by atoms with Crippen molar-refractivity contribution in [1.82, 2.24) is 5.43 Å². The van der Waals surface area contributed by atoms with Crippen LogP contribution in [0.25, 0.3) is 11.1 Å². The van der Waals surface area contributed by atoms with Crippen molar-refractivity contribution in [2.24, 2.45) is 5.84 Å². The normalized spacial score (nSPS) is 9.83. The molecule has 3 rings (SSSR count). The lowest BCUT2D eigenvalue weighted by Gasteiger charge is -2.15. The van der Waals surface area contributed by atoms with E-state index in [1.807, 2.05) is 61.6 Å². The third-order valence-corrected chi connectivity index (χ3v) is 4.79. The molecule has 7 heteroatoms. The van der Waals surface area contributed by atoms with Gasteiger partial charge >= 0.3 is 0 Å². The number of nitrogens with one attached hydrogen (secondary N) is 2. The van der Waals surface area contributed by atoms with Gasteiger partial charge in [-0.2, -0.15) is 0 Å². The van der Waals surface area contributed by atoms with E-state index in [-0.39, 0.29) is 0 Å². The highest BCUT2D eigenvalue weighted by molar-refractivity contribution is 6.32. The quantitative estimate of drug-likeness (QED) is 0.217. The Balaban J connectivity index is 0.000000687. The maximum absolute atomic E-state index is 8.94. The molecule has 1 amide bonds. The van der Waals surface area contributed by atoms with Crippen molar-refractivity contribution in [1.29, 1.82) is 0 Å². The number of ether oxygens (including phenoxy) is 1. The van der Waals surface area contributed by atoms with Crippen LogP contribution in [-0.4, -0.2) is 13.5 Å². The zero-order valence-electron chi connectivity index (χ0n) is 16.2. The number of carbonyl (C=O) groups is 1. The molecule has 0 radical (unpaired) electrons. The number of rotatable bonds is 6. The Morgan fingerprint density at radius 1 is 1.03 bits per heavy atom. The predicted molar refractivity (Wildman–Crippen MR) is 120 cm³/mol. The third-order valence-electron chi connectivity index (χ3n) is 4.23. The first kappa shape index (κ1) is 22.6. The molecule has 0 fully saturated rings. The van der Waals surface area contributed by atoms with E-state index in [2.05, 4.69) is 24.1 Å². The Hall–Kier alpha value is -2.73. The number of benzene rings is 3. The van der Waals surface area contributed by atoms with Gasteiger partial charge in [-0.05, 0) is 53.9 Å². The molecule has 3 aromatic rings. The largest absolute Gasteiger partial charge is 0.487 e. The van der Waals surface area contributed by atoms with Crippen LogP contribution in [0.2, 0.25) is 10.0 Å². The maximum atomic E-state index is 8.94. The van der Waals surface area contributed by atoms with Crippen molar-refractivity contribution in [2.75, 3.05) is 12.4 Å². The van der Waals surface area contributed by atoms with Gasteiger partial charge in [-0.25, -0.2) is 5.84 Å². The first-order chi connectivity index (χ1) is 14.0. The summed E-state index contributed by atoms with van der Waals surface area (Å²) in [6.07, 6.45) is 0.403. The predicted octanol–water partition coefficient (Wildman–Crippen LogP) is 5.20. The van der Waals surface area contributed by atoms with Gasteiger partial charge in [0.1, 0.15) is 12.4 Å². The molecule has 0 saturated heterocycles. The summed E-state index contributed by atoms with van der Waals surface area (Å²) < 4.78 is 6.03. The Morgan fingerprint density at radius 3 is 2.31 bits per heavy atom. The van der Waals surface area contributed by atoms with Crippen molar-refractivity contribution >= 4 is 35.3 Å². The number of halogens is 2. The fourth-order valence-corrected chi connectivity index (χ4v) is 3.01. The Morgan fingerprint density at radius 2 is 1.69 bits per heavy atom. The van der Waals surface area contributed by atoms with E-state index < -0.39 is 0 Å². The third kappa shape index (κ3) is 6.39. The number of hydrazine groups is 1. The molecule has 0 saturated carbocycles. The van der Waals surface area contributed by atoms with Crippen LogP contribution in [0.3, 0.4) is 0 Å². The second kappa shape index (κ2) is 11.3. The number of hydrogen-bond acceptors (Lipinski definition) is 4. The molecular weight excluding hydrogens is 409 g/mol. The van der Waals surface area contributed by atoms with E-state index in [1.165, 1.54) is 5.56 Å². The van der Waals surface area contributed by atoms with Gasteiger partial charge in [0.05, 0.1) is 5.02 Å². The van der Waals surface area contributed by atoms with Gasteiger partial charge in [-0.15, -0.1) is 0 Å². The lowest BCUT2D eigenvalue weighted by molar-refractivity contribution is -0.109. The Labute approximate surface area is 180 Å². The highest BCUT2D eigenvalue weighted by Crippen LogP contribution is 2.32. The lowest BCUT2D eigenvalue weighted by Crippen LogP contribution is -2.18. The number of carbonyl (C=O) groups excluding carboxylic acids is 1. The van der Waals surface area contributed by atoms with E-state index in [0.29, 0.717) is 28.8 Å². The molecule has 0 unspecified atom stereocenters. The van der Waals surface area contributed by atoms with Gasteiger partial charge in [0.15, 0.2) is 0 Å². The van der Waals surface area contributed by atoms with Crippen molar-refractivity contribution in [2.45, 2.75) is 13.5 Å². The summed E-state index contributed by atoms with van der Waals surface area (Å²) in [5.74, 6) is 5.08. The van der Waals surface area contributed by atoms with Crippen LogP contribution in [-0.2, 0) is 11.4 Å². The lowest BCUT2D eigenvalue weighted by atomic mass is 10.1. The van der Waals surface area contributed by atoms with Crippen molar-refractivity contribution < 1.29 is 9.53 Å². The topological polar surface area (TPSA) is 76.4 Å². The number of hydrogen-bond donors (Lipinski definition) is 3. The van der Waals surface area contributed by atoms with Crippen LogP contribution in [0.15, 0.2) is 60.7 Å². The molecule has 152 valence electrons. The maximum Gasteiger partial charge on any atom is 0.221 e. The first-order valence-electron chi connectivity index (χ1n) is 8.84. The van der Waals surface area contributed by atoms with Crippen LogP contribution in [0.4, 0.5) is 5.69 Å². The zero-order chi connectivity index (χ0) is 21.2. The fourth-order valence-electron chi connectivity index (χ4n) is 2.71. The molecule has 0 aliphatic heterocycles. The van der Waals surface area contributed by atoms with Crippen LogP contribution in [0, 0.1) is 6.92 Å². The van der Waals surface area contributed by atoms with Crippen LogP contribution < -0.4 is 21.3 Å². The molecule has 29 heavy (non-hydrogen) atoms. The van der Waals surface area contributed by atoms with Gasteiger partial charge in [-0.1, -0.05) is 53.5 Å². The number of anilines is 1. The monoisotopic (exact) mass is 431 g/mol. The van der Waals surface area contributed by atoms with E-state index >= 15 is 0 Å². The highest BCUT2D eigenvalue weighted by Gasteiger charge is 2.09. The molecule has 0 bridgehead atoms. The van der Waals surface area contributed by atoms with E-state index in [1.54, 1.807) is 5.43 Å². The zero-order valence-corrected chi connectivity index (χ0v) is 17.7. The molecule has 0 aliphatic rings. The highest BCUT2D eigenvalue weighted by atomic mass is 35.5. The summed E-state index contributed by atoms with van der Waals surface area (Å²) in [6.45, 7) is 2.53. The van der Waals surface area contributed by atoms with Gasteiger partial charge in [-0.3, -0.25) is 10.2 Å². The van der Waals surface area contributed by atoms with Crippen LogP contribution in [0.1, 0.15) is 11.1 Å². The summed E-state index contributed by atoms with van der Waals surface area (Å²) in [7, 11) is 1.91.